The maximum Gasteiger partial charge on any atom is 0.434 e. The van der Waals surface area contributed by atoms with E-state index in [0.29, 0.717) is 4.73 Å². The van der Waals surface area contributed by atoms with E-state index in [1.54, 1.807) is 0 Å². The van der Waals surface area contributed by atoms with Crippen molar-refractivity contribution in [2.45, 2.75) is 30.8 Å². The summed E-state index contributed by atoms with van der Waals surface area (Å²) in [5.41, 5.74) is -9.75. The van der Waals surface area contributed by atoms with E-state index in [9.17, 15) is 49.9 Å². The third-order valence-corrected chi connectivity index (χ3v) is 6.70. The van der Waals surface area contributed by atoms with E-state index in [1.807, 2.05) is 5.32 Å². The summed E-state index contributed by atoms with van der Waals surface area (Å²) in [6.07, 6.45) is -4.33. The van der Waals surface area contributed by atoms with E-state index in [-0.39, 0.29) is 24.2 Å². The first kappa shape index (κ1) is 33.8. The van der Waals surface area contributed by atoms with E-state index in [4.69, 9.17) is 0 Å². The van der Waals surface area contributed by atoms with Gasteiger partial charge in [0, 0.05) is 28.7 Å². The molecule has 1 atom stereocenters. The average Bonchev–Trinajstić information content (AvgIpc) is 2.89. The fraction of sp³-hybridized carbons (Fsp3) is 0.240. The van der Waals surface area contributed by atoms with Crippen molar-refractivity contribution in [2.75, 3.05) is 16.8 Å². The Morgan fingerprint density at radius 1 is 1.09 bits per heavy atom. The predicted octanol–water partition coefficient (Wildman–Crippen LogP) is 7.30. The maximum atomic E-state index is 15.6. The number of rotatable bonds is 9. The van der Waals surface area contributed by atoms with Gasteiger partial charge in [0.2, 0.25) is 0 Å². The number of aromatic nitrogens is 1. The van der Waals surface area contributed by atoms with Gasteiger partial charge in [-0.05, 0) is 58.7 Å². The number of ether oxygens (including phenoxy) is 1. The smallest absolute Gasteiger partial charge is 0.434 e. The molecule has 0 aliphatic carbocycles. The standard InChI is InChI=1S/C25H16BrClF9N3O4/c1-2-39(21(41)12-6-8-38(42)9-7-12)16-5-3-4-14(18(16)28)20(40)37-19-15(26)10-13(11-17(19)43-22(29)30)23(31,24(27,32)33)25(34,35)36/h3-11,22H,2H2,1H3,(H,37,40). The first-order chi connectivity index (χ1) is 19.8. The molecule has 0 saturated heterocycles. The largest absolute Gasteiger partial charge is 0.619 e. The summed E-state index contributed by atoms with van der Waals surface area (Å²) in [6, 6.07) is 5.38. The molecule has 0 aliphatic rings. The van der Waals surface area contributed by atoms with E-state index < -0.39 is 74.2 Å². The van der Waals surface area contributed by atoms with Crippen LogP contribution in [0.3, 0.4) is 0 Å². The van der Waals surface area contributed by atoms with Crippen molar-refractivity contribution in [3.8, 4) is 5.75 Å². The highest BCUT2D eigenvalue weighted by Crippen LogP contribution is 2.56. The maximum absolute atomic E-state index is 15.6. The highest BCUT2D eigenvalue weighted by molar-refractivity contribution is 9.10. The number of benzene rings is 2. The molecule has 1 N–H and O–H groups in total. The van der Waals surface area contributed by atoms with Gasteiger partial charge in [-0.25, -0.2) is 8.78 Å². The molecule has 0 saturated carbocycles. The number of pyridine rings is 1. The van der Waals surface area contributed by atoms with Crippen LogP contribution in [-0.2, 0) is 5.67 Å². The Labute approximate surface area is 249 Å². The van der Waals surface area contributed by atoms with Crippen LogP contribution in [0.4, 0.5) is 50.9 Å². The Morgan fingerprint density at radius 3 is 2.21 bits per heavy atom. The van der Waals surface area contributed by atoms with Gasteiger partial charge in [0.15, 0.2) is 24.0 Å². The van der Waals surface area contributed by atoms with Gasteiger partial charge in [-0.2, -0.15) is 35.5 Å². The number of carbonyl (C=O) groups is 2. The van der Waals surface area contributed by atoms with Gasteiger partial charge < -0.3 is 20.2 Å². The van der Waals surface area contributed by atoms with Crippen LogP contribution in [0.1, 0.15) is 33.2 Å². The van der Waals surface area contributed by atoms with Gasteiger partial charge in [-0.1, -0.05) is 6.07 Å². The fourth-order valence-electron chi connectivity index (χ4n) is 3.80. The average molecular weight is 709 g/mol. The number of nitrogens with one attached hydrogen (secondary N) is 1. The predicted molar refractivity (Wildman–Crippen MR) is 138 cm³/mol. The highest BCUT2D eigenvalue weighted by atomic mass is 79.9. The van der Waals surface area contributed by atoms with Gasteiger partial charge >= 0.3 is 23.8 Å². The zero-order chi connectivity index (χ0) is 32.5. The molecule has 18 heteroatoms. The monoisotopic (exact) mass is 707 g/mol. The number of nitrogens with zero attached hydrogens (tertiary/aromatic N) is 2. The summed E-state index contributed by atoms with van der Waals surface area (Å²) in [7, 11) is 0. The first-order valence-corrected chi connectivity index (χ1v) is 12.7. The lowest BCUT2D eigenvalue weighted by molar-refractivity contribution is -0.605. The molecule has 2 aromatic carbocycles. The zero-order valence-electron chi connectivity index (χ0n) is 21.2. The van der Waals surface area contributed by atoms with E-state index in [2.05, 4.69) is 32.3 Å². The molecule has 232 valence electrons. The summed E-state index contributed by atoms with van der Waals surface area (Å²) in [5.74, 6) is -4.93. The summed E-state index contributed by atoms with van der Waals surface area (Å²) in [6.45, 7) is -2.49. The van der Waals surface area contributed by atoms with Gasteiger partial charge in [0.25, 0.3) is 11.8 Å². The van der Waals surface area contributed by atoms with Crippen molar-refractivity contribution < 1.29 is 58.6 Å². The van der Waals surface area contributed by atoms with Crippen LogP contribution in [0.2, 0.25) is 0 Å². The number of carbonyl (C=O) groups excluding carboxylic acids is 2. The molecule has 0 radical (unpaired) electrons. The van der Waals surface area contributed by atoms with Crippen LogP contribution in [0.5, 0.6) is 5.75 Å². The minimum Gasteiger partial charge on any atom is -0.619 e. The molecule has 3 aromatic rings. The summed E-state index contributed by atoms with van der Waals surface area (Å²) in [4.78, 5) is 26.9. The summed E-state index contributed by atoms with van der Waals surface area (Å²) >= 11 is 7.03. The molecular formula is C25H16BrClF9N3O4. The Balaban J connectivity index is 2.07. The fourth-order valence-corrected chi connectivity index (χ4v) is 4.56. The Kier molecular flexibility index (Phi) is 9.80. The summed E-state index contributed by atoms with van der Waals surface area (Å²) in [5, 5.41) is 7.54. The van der Waals surface area contributed by atoms with Crippen molar-refractivity contribution >= 4 is 50.7 Å². The second kappa shape index (κ2) is 12.5. The van der Waals surface area contributed by atoms with Crippen molar-refractivity contribution in [2.24, 2.45) is 0 Å². The second-order valence-electron chi connectivity index (χ2n) is 8.45. The van der Waals surface area contributed by atoms with Gasteiger partial charge in [0.05, 0.1) is 22.5 Å². The number of anilines is 2. The van der Waals surface area contributed by atoms with Crippen LogP contribution in [-0.4, -0.2) is 36.5 Å². The normalized spacial score (nSPS) is 13.4. The molecule has 7 nitrogen and oxygen atoms in total. The highest BCUT2D eigenvalue weighted by Gasteiger charge is 2.72. The molecule has 0 fully saturated rings. The van der Waals surface area contributed by atoms with E-state index >= 15 is 4.39 Å². The van der Waals surface area contributed by atoms with Crippen molar-refractivity contribution in [3.63, 3.8) is 0 Å². The lowest BCUT2D eigenvalue weighted by Crippen LogP contribution is -2.49. The Bertz CT molecular complexity index is 1510. The van der Waals surface area contributed by atoms with Crippen LogP contribution < -0.4 is 19.7 Å². The van der Waals surface area contributed by atoms with Gasteiger partial charge in [-0.3, -0.25) is 9.59 Å². The van der Waals surface area contributed by atoms with Crippen molar-refractivity contribution in [1.29, 1.82) is 0 Å². The molecule has 1 unspecified atom stereocenters. The lowest BCUT2D eigenvalue weighted by atomic mass is 9.94. The number of hydrogen-bond acceptors (Lipinski definition) is 4. The molecule has 0 bridgehead atoms. The van der Waals surface area contributed by atoms with Gasteiger partial charge in [0.1, 0.15) is 0 Å². The van der Waals surface area contributed by atoms with Gasteiger partial charge in [-0.15, -0.1) is 0 Å². The van der Waals surface area contributed by atoms with E-state index in [0.717, 1.165) is 47.6 Å². The van der Waals surface area contributed by atoms with Crippen LogP contribution in [0.15, 0.2) is 59.3 Å². The van der Waals surface area contributed by atoms with Crippen molar-refractivity contribution in [3.05, 3.63) is 87.0 Å². The molecular weight excluding hydrogens is 693 g/mol. The zero-order valence-corrected chi connectivity index (χ0v) is 23.5. The molecule has 1 aromatic heterocycles. The van der Waals surface area contributed by atoms with Crippen molar-refractivity contribution in [1.82, 2.24) is 0 Å². The number of halogens is 11. The number of hydrogen-bond donors (Lipinski definition) is 1. The van der Waals surface area contributed by atoms with Crippen LogP contribution in [0.25, 0.3) is 0 Å². The minimum absolute atomic E-state index is 0.0219. The molecule has 43 heavy (non-hydrogen) atoms. The Hall–Kier alpha value is -3.73. The van der Waals surface area contributed by atoms with E-state index in [1.165, 1.54) is 6.92 Å². The first-order valence-electron chi connectivity index (χ1n) is 11.5. The molecule has 2 amide bonds. The molecule has 0 spiro atoms. The third-order valence-electron chi connectivity index (χ3n) is 5.81. The molecule has 1 heterocycles. The number of alkyl halides is 9. The second-order valence-corrected chi connectivity index (χ2v) is 9.78. The van der Waals surface area contributed by atoms with Crippen LogP contribution >= 0.6 is 27.5 Å². The summed E-state index contributed by atoms with van der Waals surface area (Å²) < 4.78 is 128. The topological polar surface area (TPSA) is 85.6 Å². The Morgan fingerprint density at radius 2 is 1.70 bits per heavy atom. The number of amides is 2. The van der Waals surface area contributed by atoms with Crippen LogP contribution in [0, 0.1) is 11.0 Å². The third kappa shape index (κ3) is 6.76. The lowest BCUT2D eigenvalue weighted by Gasteiger charge is -2.32. The quantitative estimate of drug-likeness (QED) is 0.110. The molecule has 0 aliphatic heterocycles. The molecule has 3 rings (SSSR count). The minimum atomic E-state index is -6.35. The SMILES string of the molecule is CCN(C(=O)c1cc[n+]([O-])cc1)c1cccc(C(=O)Nc2c(Br)cc(C(F)(C(F)(F)F)C(F)(F)Cl)cc2OC(F)F)c1F.